The van der Waals surface area contributed by atoms with Crippen LogP contribution < -0.4 is 4.72 Å². The maximum Gasteiger partial charge on any atom is 0.250 e. The molecule has 1 saturated carbocycles. The molecule has 0 aliphatic heterocycles. The number of hydrogen-bond donors (Lipinski definition) is 2. The molecule has 4 rings (SSSR count). The number of nitrogens with one attached hydrogen (secondary N) is 2. The summed E-state index contributed by atoms with van der Waals surface area (Å²) < 4.78 is 34.5. The molecule has 142 valence electrons. The molecule has 0 unspecified atom stereocenters. The molecule has 0 radical (unpaired) electrons. The summed E-state index contributed by atoms with van der Waals surface area (Å²) in [5, 5.41) is 8.24. The summed E-state index contributed by atoms with van der Waals surface area (Å²) >= 11 is 0. The third-order valence-corrected chi connectivity index (χ3v) is 6.46. The van der Waals surface area contributed by atoms with E-state index in [4.69, 9.17) is 4.42 Å². The van der Waals surface area contributed by atoms with E-state index in [1.54, 1.807) is 32.3 Å². The van der Waals surface area contributed by atoms with Crippen molar-refractivity contribution in [2.45, 2.75) is 50.5 Å². The summed E-state index contributed by atoms with van der Waals surface area (Å²) in [6.45, 7) is 3.67. The highest BCUT2D eigenvalue weighted by molar-refractivity contribution is 7.89. The fourth-order valence-electron chi connectivity index (χ4n) is 3.26. The second-order valence-electron chi connectivity index (χ2n) is 6.84. The first-order chi connectivity index (χ1) is 13.0. The van der Waals surface area contributed by atoms with E-state index < -0.39 is 10.0 Å². The second-order valence-corrected chi connectivity index (χ2v) is 8.54. The highest BCUT2D eigenvalue weighted by atomic mass is 32.2. The van der Waals surface area contributed by atoms with Crippen molar-refractivity contribution in [2.75, 3.05) is 0 Å². The zero-order valence-electron chi connectivity index (χ0n) is 15.2. The van der Waals surface area contributed by atoms with E-state index in [9.17, 15) is 8.42 Å². The van der Waals surface area contributed by atoms with Crippen LogP contribution in [0.5, 0.6) is 0 Å². The quantitative estimate of drug-likeness (QED) is 0.672. The fourth-order valence-corrected chi connectivity index (χ4v) is 4.73. The van der Waals surface area contributed by atoms with Crippen molar-refractivity contribution in [1.82, 2.24) is 24.9 Å². The topological polar surface area (TPSA) is 114 Å². The van der Waals surface area contributed by atoms with Crippen LogP contribution in [0.2, 0.25) is 0 Å². The van der Waals surface area contributed by atoms with Gasteiger partial charge in [-0.15, -0.1) is 10.2 Å². The largest absolute Gasteiger partial charge is 0.420 e. The van der Waals surface area contributed by atoms with E-state index >= 15 is 0 Å². The number of H-pyrrole nitrogens is 1. The lowest BCUT2D eigenvalue weighted by atomic mass is 9.85. The van der Waals surface area contributed by atoms with Gasteiger partial charge in [-0.05, 0) is 38.3 Å². The van der Waals surface area contributed by atoms with Crippen LogP contribution in [-0.2, 0) is 16.6 Å². The number of aromatic nitrogens is 4. The highest BCUT2D eigenvalue weighted by Gasteiger charge is 2.31. The lowest BCUT2D eigenvalue weighted by molar-refractivity contribution is 0.338. The van der Waals surface area contributed by atoms with E-state index in [1.807, 2.05) is 6.07 Å². The molecule has 1 aliphatic rings. The molecule has 0 saturated heterocycles. The Morgan fingerprint density at radius 2 is 2.07 bits per heavy atom. The molecule has 1 aliphatic carbocycles. The van der Waals surface area contributed by atoms with Crippen LogP contribution in [0.25, 0.3) is 11.5 Å². The third kappa shape index (κ3) is 3.40. The van der Waals surface area contributed by atoms with E-state index in [2.05, 4.69) is 24.9 Å². The summed E-state index contributed by atoms with van der Waals surface area (Å²) in [5.41, 5.74) is 2.42. The molecule has 1 fully saturated rings. The maximum atomic E-state index is 13.0. The molecule has 0 bridgehead atoms. The molecule has 2 N–H and O–H groups in total. The number of aryl methyl sites for hydroxylation is 2. The Labute approximate surface area is 157 Å². The maximum absolute atomic E-state index is 13.0. The van der Waals surface area contributed by atoms with Gasteiger partial charge in [0.25, 0.3) is 5.89 Å². The van der Waals surface area contributed by atoms with E-state index in [-0.39, 0.29) is 23.2 Å². The lowest BCUT2D eigenvalue weighted by Gasteiger charge is -2.20. The summed E-state index contributed by atoms with van der Waals surface area (Å²) in [7, 11) is -3.79. The lowest BCUT2D eigenvalue weighted by Crippen LogP contribution is -2.24. The number of rotatable bonds is 6. The average molecular weight is 387 g/mol. The van der Waals surface area contributed by atoms with Gasteiger partial charge in [-0.3, -0.25) is 4.98 Å². The van der Waals surface area contributed by atoms with E-state index in [1.165, 1.54) is 0 Å². The first-order valence-electron chi connectivity index (χ1n) is 8.87. The van der Waals surface area contributed by atoms with Crippen molar-refractivity contribution in [3.63, 3.8) is 0 Å². The van der Waals surface area contributed by atoms with Gasteiger partial charge >= 0.3 is 0 Å². The Kier molecular flexibility index (Phi) is 4.56. The molecule has 3 heterocycles. The fraction of sp³-hybridized carbons (Fsp3) is 0.389. The van der Waals surface area contributed by atoms with E-state index in [0.717, 1.165) is 24.8 Å². The number of sulfonamides is 1. The Bertz CT molecular complexity index is 1050. The highest BCUT2D eigenvalue weighted by Crippen LogP contribution is 2.38. The van der Waals surface area contributed by atoms with Crippen LogP contribution in [-0.4, -0.2) is 28.6 Å². The summed E-state index contributed by atoms with van der Waals surface area (Å²) in [5.74, 6) is 1.11. The zero-order chi connectivity index (χ0) is 19.0. The number of hydrogen-bond acceptors (Lipinski definition) is 6. The molecule has 0 atom stereocenters. The monoisotopic (exact) mass is 387 g/mol. The van der Waals surface area contributed by atoms with Crippen LogP contribution in [0.4, 0.5) is 0 Å². The molecular weight excluding hydrogens is 366 g/mol. The molecule has 3 aromatic heterocycles. The van der Waals surface area contributed by atoms with Crippen LogP contribution >= 0.6 is 0 Å². The van der Waals surface area contributed by atoms with E-state index in [0.29, 0.717) is 22.8 Å². The van der Waals surface area contributed by atoms with Gasteiger partial charge in [0.1, 0.15) is 4.90 Å². The normalized spacial score (nSPS) is 15.0. The smallest absolute Gasteiger partial charge is 0.250 e. The van der Waals surface area contributed by atoms with Gasteiger partial charge in [0.05, 0.1) is 5.56 Å². The predicted molar refractivity (Wildman–Crippen MR) is 98.4 cm³/mol. The Balaban J connectivity index is 1.67. The summed E-state index contributed by atoms with van der Waals surface area (Å²) in [6, 6.07) is 3.58. The summed E-state index contributed by atoms with van der Waals surface area (Å²) in [6.07, 6.45) is 6.49. The number of pyridine rings is 1. The van der Waals surface area contributed by atoms with Crippen LogP contribution in [0.15, 0.2) is 33.8 Å². The third-order valence-electron chi connectivity index (χ3n) is 4.88. The minimum atomic E-state index is -3.79. The second kappa shape index (κ2) is 6.90. The molecule has 0 amide bonds. The van der Waals surface area contributed by atoms with Crippen molar-refractivity contribution in [3.8, 4) is 11.5 Å². The van der Waals surface area contributed by atoms with Gasteiger partial charge < -0.3 is 9.40 Å². The predicted octanol–water partition coefficient (Wildman–Crippen LogP) is 2.82. The van der Waals surface area contributed by atoms with Gasteiger partial charge in [0.15, 0.2) is 0 Å². The van der Waals surface area contributed by atoms with Crippen LogP contribution in [0.3, 0.4) is 0 Å². The Morgan fingerprint density at radius 3 is 2.74 bits per heavy atom. The molecule has 9 heteroatoms. The van der Waals surface area contributed by atoms with Gasteiger partial charge in [-0.25, -0.2) is 13.1 Å². The number of nitrogens with zero attached hydrogens (tertiary/aromatic N) is 3. The van der Waals surface area contributed by atoms with Gasteiger partial charge in [-0.2, -0.15) is 0 Å². The van der Waals surface area contributed by atoms with Crippen molar-refractivity contribution in [3.05, 3.63) is 47.4 Å². The van der Waals surface area contributed by atoms with Crippen molar-refractivity contribution >= 4 is 10.0 Å². The standard InChI is InChI=1S/C18H21N5O3S/c1-11-15(18-23-22-17(26-18)14-6-3-7-14)16(12(2)21-11)27(24,25)20-10-13-5-4-8-19-9-13/h4-5,8-9,14,20-21H,3,6-7,10H2,1-2H3. The van der Waals surface area contributed by atoms with Crippen molar-refractivity contribution in [1.29, 1.82) is 0 Å². The Hall–Kier alpha value is -2.52. The van der Waals surface area contributed by atoms with Gasteiger partial charge in [0.2, 0.25) is 15.9 Å². The SMILES string of the molecule is Cc1[nH]c(C)c(S(=O)(=O)NCc2cccnc2)c1-c1nnc(C2CCC2)o1. The van der Waals surface area contributed by atoms with Crippen molar-refractivity contribution < 1.29 is 12.8 Å². The first kappa shape index (κ1) is 17.9. The minimum absolute atomic E-state index is 0.146. The number of aromatic amines is 1. The molecular formula is C18H21N5O3S. The summed E-state index contributed by atoms with van der Waals surface area (Å²) in [4.78, 5) is 7.24. The molecule has 3 aromatic rings. The van der Waals surface area contributed by atoms with Crippen molar-refractivity contribution in [2.24, 2.45) is 0 Å². The van der Waals surface area contributed by atoms with Gasteiger partial charge in [0, 0.05) is 36.2 Å². The molecule has 0 aromatic carbocycles. The first-order valence-corrected chi connectivity index (χ1v) is 10.4. The van der Waals surface area contributed by atoms with Gasteiger partial charge in [-0.1, -0.05) is 12.5 Å². The van der Waals surface area contributed by atoms with Crippen LogP contribution in [0, 0.1) is 13.8 Å². The Morgan fingerprint density at radius 1 is 1.26 bits per heavy atom. The zero-order valence-corrected chi connectivity index (χ0v) is 16.0. The minimum Gasteiger partial charge on any atom is -0.420 e. The molecule has 8 nitrogen and oxygen atoms in total. The molecule has 27 heavy (non-hydrogen) atoms. The van der Waals surface area contributed by atoms with Crippen LogP contribution in [0.1, 0.15) is 48.0 Å². The average Bonchev–Trinajstić information content (AvgIpc) is 3.16. The molecule has 0 spiro atoms.